The van der Waals surface area contributed by atoms with Crippen molar-refractivity contribution in [2.45, 2.75) is 78.0 Å². The summed E-state index contributed by atoms with van der Waals surface area (Å²) < 4.78 is 24.5. The summed E-state index contributed by atoms with van der Waals surface area (Å²) in [7, 11) is 0. The third-order valence-electron chi connectivity index (χ3n) is 6.61. The Balaban J connectivity index is 1.91. The number of hydrogen-bond acceptors (Lipinski definition) is 1. The van der Waals surface area contributed by atoms with Crippen molar-refractivity contribution >= 4 is 0 Å². The van der Waals surface area contributed by atoms with Crippen LogP contribution in [0.25, 0.3) is 22.4 Å². The molecule has 0 saturated heterocycles. The summed E-state index contributed by atoms with van der Waals surface area (Å²) in [6, 6.07) is 16.3. The Bertz CT molecular complexity index is 1210. The molecule has 3 aromatic rings. The largest absolute Gasteiger partial charge is 0.256 e. The Morgan fingerprint density at radius 2 is 1.53 bits per heavy atom. The Hall–Kier alpha value is -2.41. The van der Waals surface area contributed by atoms with Crippen molar-refractivity contribution < 1.29 is 4.11 Å². The van der Waals surface area contributed by atoms with Crippen LogP contribution < -0.4 is 0 Å². The van der Waals surface area contributed by atoms with E-state index in [4.69, 9.17) is 4.11 Å². The average molecular weight is 401 g/mol. The fourth-order valence-corrected chi connectivity index (χ4v) is 5.15. The standard InChI is InChI=1S/C29H35N/c1-19-9-10-21(26-17-22(13-14-30-26)27(2,3)4)15-23(19)20-11-12-24-25(16-20)29(7,8)18-28(24,5)6/h9-17H,18H2,1-8H3/i1D3. The van der Waals surface area contributed by atoms with Gasteiger partial charge in [-0.25, -0.2) is 0 Å². The van der Waals surface area contributed by atoms with Crippen molar-refractivity contribution in [3.05, 3.63) is 77.0 Å². The molecule has 4 rings (SSSR count). The fourth-order valence-electron chi connectivity index (χ4n) is 5.15. The predicted molar refractivity (Wildman–Crippen MR) is 129 cm³/mol. The summed E-state index contributed by atoms with van der Waals surface area (Å²) in [5.74, 6) is 0. The van der Waals surface area contributed by atoms with E-state index in [1.54, 1.807) is 6.07 Å². The highest BCUT2D eigenvalue weighted by Gasteiger charge is 2.41. The van der Waals surface area contributed by atoms with Crippen LogP contribution in [0.1, 0.15) is 81.3 Å². The normalized spacial score (nSPS) is 19.0. The first kappa shape index (κ1) is 17.3. The minimum Gasteiger partial charge on any atom is -0.256 e. The zero-order valence-electron chi connectivity index (χ0n) is 22.4. The summed E-state index contributed by atoms with van der Waals surface area (Å²) in [5.41, 5.74) is 7.97. The lowest BCUT2D eigenvalue weighted by atomic mass is 9.82. The maximum Gasteiger partial charge on any atom is 0.0705 e. The molecule has 0 N–H and O–H groups in total. The molecule has 1 heterocycles. The highest BCUT2D eigenvalue weighted by atomic mass is 14.7. The van der Waals surface area contributed by atoms with E-state index in [1.165, 1.54) is 16.7 Å². The van der Waals surface area contributed by atoms with Crippen LogP contribution in [0.15, 0.2) is 54.7 Å². The Kier molecular flexibility index (Phi) is 3.92. The van der Waals surface area contributed by atoms with Crippen LogP contribution in [-0.2, 0) is 16.2 Å². The molecule has 0 radical (unpaired) electrons. The second-order valence-corrected chi connectivity index (χ2v) is 11.1. The first-order chi connectivity index (χ1) is 15.1. The van der Waals surface area contributed by atoms with Gasteiger partial charge in [0.25, 0.3) is 0 Å². The van der Waals surface area contributed by atoms with Gasteiger partial charge in [0.05, 0.1) is 5.69 Å². The van der Waals surface area contributed by atoms with Gasteiger partial charge >= 0.3 is 0 Å². The molecule has 2 aromatic carbocycles. The van der Waals surface area contributed by atoms with Gasteiger partial charge in [-0.3, -0.25) is 4.98 Å². The molecule has 1 aliphatic rings. The zero-order chi connectivity index (χ0) is 24.4. The SMILES string of the molecule is [2H]C([2H])([2H])c1ccc(-c2cc(C(C)(C)C)ccn2)cc1-c1ccc2c(c1)C(C)(C)CC2(C)C. The van der Waals surface area contributed by atoms with E-state index >= 15 is 0 Å². The molecule has 30 heavy (non-hydrogen) atoms. The van der Waals surface area contributed by atoms with Gasteiger partial charge in [-0.1, -0.05) is 78.8 Å². The first-order valence-corrected chi connectivity index (χ1v) is 10.9. The van der Waals surface area contributed by atoms with Gasteiger partial charge < -0.3 is 0 Å². The van der Waals surface area contributed by atoms with Crippen molar-refractivity contribution in [1.29, 1.82) is 0 Å². The highest BCUT2D eigenvalue weighted by Crippen LogP contribution is 2.50. The fraction of sp³-hybridized carbons (Fsp3) is 0.414. The van der Waals surface area contributed by atoms with Crippen molar-refractivity contribution in [2.24, 2.45) is 0 Å². The molecule has 0 bridgehead atoms. The molecule has 1 heteroatoms. The molecule has 156 valence electrons. The summed E-state index contributed by atoms with van der Waals surface area (Å²) in [6.07, 6.45) is 2.92. The number of hydrogen-bond donors (Lipinski definition) is 0. The molecule has 0 aliphatic heterocycles. The van der Waals surface area contributed by atoms with Crippen molar-refractivity contribution in [1.82, 2.24) is 4.98 Å². The molecule has 0 spiro atoms. The summed E-state index contributed by atoms with van der Waals surface area (Å²) in [6.45, 7) is 13.5. The number of pyridine rings is 1. The minimum absolute atomic E-state index is 0.0114. The quantitative estimate of drug-likeness (QED) is 0.425. The monoisotopic (exact) mass is 400 g/mol. The molecular weight excluding hydrogens is 362 g/mol. The lowest BCUT2D eigenvalue weighted by Gasteiger charge is -2.22. The maximum atomic E-state index is 8.17. The number of benzene rings is 2. The molecule has 0 atom stereocenters. The molecular formula is C29H35N. The molecule has 0 amide bonds. The van der Waals surface area contributed by atoms with Gasteiger partial charge in [0.1, 0.15) is 0 Å². The third kappa shape index (κ3) is 3.60. The van der Waals surface area contributed by atoms with Gasteiger partial charge in [0.15, 0.2) is 0 Å². The second-order valence-electron chi connectivity index (χ2n) is 11.1. The lowest BCUT2D eigenvalue weighted by molar-refractivity contribution is 0.403. The van der Waals surface area contributed by atoms with Crippen LogP contribution >= 0.6 is 0 Å². The number of nitrogens with zero attached hydrogens (tertiary/aromatic N) is 1. The van der Waals surface area contributed by atoms with Crippen molar-refractivity contribution in [3.8, 4) is 22.4 Å². The summed E-state index contributed by atoms with van der Waals surface area (Å²) in [5, 5.41) is 0. The Labute approximate surface area is 186 Å². The van der Waals surface area contributed by atoms with E-state index in [0.29, 0.717) is 5.56 Å². The summed E-state index contributed by atoms with van der Waals surface area (Å²) >= 11 is 0. The Morgan fingerprint density at radius 1 is 0.833 bits per heavy atom. The molecule has 1 aromatic heterocycles. The maximum absolute atomic E-state index is 8.17. The molecule has 1 nitrogen and oxygen atoms in total. The van der Waals surface area contributed by atoms with Crippen molar-refractivity contribution in [3.63, 3.8) is 0 Å². The lowest BCUT2D eigenvalue weighted by Crippen LogP contribution is -2.17. The molecule has 0 fully saturated rings. The number of rotatable bonds is 2. The van der Waals surface area contributed by atoms with E-state index in [9.17, 15) is 0 Å². The van der Waals surface area contributed by atoms with E-state index < -0.39 is 6.85 Å². The topological polar surface area (TPSA) is 12.9 Å². The van der Waals surface area contributed by atoms with Crippen LogP contribution in [0.3, 0.4) is 0 Å². The Morgan fingerprint density at radius 3 is 2.23 bits per heavy atom. The number of aromatic nitrogens is 1. The van der Waals surface area contributed by atoms with Gasteiger partial charge in [0, 0.05) is 15.9 Å². The van der Waals surface area contributed by atoms with Crippen LogP contribution in [-0.4, -0.2) is 4.98 Å². The molecule has 0 unspecified atom stereocenters. The molecule has 0 saturated carbocycles. The van der Waals surface area contributed by atoms with Crippen LogP contribution in [0.4, 0.5) is 0 Å². The van der Waals surface area contributed by atoms with Crippen LogP contribution in [0, 0.1) is 6.85 Å². The predicted octanol–water partition coefficient (Wildman–Crippen LogP) is 7.98. The van der Waals surface area contributed by atoms with Gasteiger partial charge in [-0.2, -0.15) is 0 Å². The number of fused-ring (bicyclic) bond motifs is 1. The van der Waals surface area contributed by atoms with Crippen LogP contribution in [0.2, 0.25) is 0 Å². The van der Waals surface area contributed by atoms with Crippen molar-refractivity contribution in [2.75, 3.05) is 0 Å². The van der Waals surface area contributed by atoms with E-state index in [1.807, 2.05) is 24.4 Å². The zero-order valence-corrected chi connectivity index (χ0v) is 19.4. The highest BCUT2D eigenvalue weighted by molar-refractivity contribution is 5.75. The van der Waals surface area contributed by atoms with E-state index in [2.05, 4.69) is 77.7 Å². The molecule has 1 aliphatic carbocycles. The van der Waals surface area contributed by atoms with Crippen LogP contribution in [0.5, 0.6) is 0 Å². The van der Waals surface area contributed by atoms with Gasteiger partial charge in [-0.05, 0) is 81.1 Å². The minimum atomic E-state index is -2.19. The first-order valence-electron chi connectivity index (χ1n) is 12.4. The third-order valence-corrected chi connectivity index (χ3v) is 6.61. The smallest absolute Gasteiger partial charge is 0.0705 e. The van der Waals surface area contributed by atoms with E-state index in [-0.39, 0.29) is 16.2 Å². The summed E-state index contributed by atoms with van der Waals surface area (Å²) in [4.78, 5) is 4.61. The number of aryl methyl sites for hydroxylation is 1. The average Bonchev–Trinajstić information content (AvgIpc) is 2.90. The van der Waals surface area contributed by atoms with E-state index in [0.717, 1.165) is 28.8 Å². The van der Waals surface area contributed by atoms with Gasteiger partial charge in [-0.15, -0.1) is 0 Å². The van der Waals surface area contributed by atoms with Gasteiger partial charge in [0.2, 0.25) is 0 Å². The second kappa shape index (κ2) is 6.80.